The first-order valence-corrected chi connectivity index (χ1v) is 7.71. The van der Waals surface area contributed by atoms with Crippen LogP contribution in [0.25, 0.3) is 0 Å². The molecule has 1 aromatic carbocycles. The zero-order chi connectivity index (χ0) is 14.5. The van der Waals surface area contributed by atoms with Crippen LogP contribution < -0.4 is 5.14 Å². The summed E-state index contributed by atoms with van der Waals surface area (Å²) in [7, 11) is -3.81. The number of nitrogens with two attached hydrogens (primary N) is 1. The third kappa shape index (κ3) is 4.65. The van der Waals surface area contributed by atoms with Crippen LogP contribution in [-0.4, -0.2) is 21.0 Å². The number of sulfonamides is 1. The molecule has 0 fully saturated rings. The predicted molar refractivity (Wildman–Crippen MR) is 72.4 cm³/mol. The van der Waals surface area contributed by atoms with Crippen molar-refractivity contribution in [3.05, 3.63) is 29.3 Å². The molecule has 0 unspecified atom stereocenters. The van der Waals surface area contributed by atoms with E-state index in [9.17, 15) is 13.2 Å². The summed E-state index contributed by atoms with van der Waals surface area (Å²) in [6.07, 6.45) is 2.83. The largest absolute Gasteiger partial charge is 0.462 e. The number of esters is 1. The normalized spacial score (nSPS) is 11.3. The zero-order valence-electron chi connectivity index (χ0n) is 11.2. The van der Waals surface area contributed by atoms with Crippen molar-refractivity contribution in [2.75, 3.05) is 6.61 Å². The van der Waals surface area contributed by atoms with E-state index >= 15 is 0 Å². The first kappa shape index (κ1) is 15.7. The maximum absolute atomic E-state index is 11.8. The van der Waals surface area contributed by atoms with Gasteiger partial charge in [-0.3, -0.25) is 0 Å². The van der Waals surface area contributed by atoms with Gasteiger partial charge in [0, 0.05) is 0 Å². The van der Waals surface area contributed by atoms with E-state index in [1.54, 1.807) is 13.0 Å². The van der Waals surface area contributed by atoms with Gasteiger partial charge in [-0.05, 0) is 31.0 Å². The standard InChI is InChI=1S/C13H19NO4S/c1-3-4-5-8-18-13(15)12-9-11(19(14,16)17)7-6-10(12)2/h6-7,9H,3-5,8H2,1-2H3,(H2,14,16,17). The molecule has 0 amide bonds. The van der Waals surface area contributed by atoms with Gasteiger partial charge in [-0.15, -0.1) is 0 Å². The average molecular weight is 285 g/mol. The van der Waals surface area contributed by atoms with Crippen molar-refractivity contribution in [2.45, 2.75) is 38.0 Å². The number of carbonyl (C=O) groups is 1. The molecule has 1 aromatic rings. The Bertz CT molecular complexity index is 552. The minimum Gasteiger partial charge on any atom is -0.462 e. The molecule has 19 heavy (non-hydrogen) atoms. The Morgan fingerprint density at radius 3 is 2.58 bits per heavy atom. The molecule has 1 rings (SSSR count). The molecule has 0 radical (unpaired) electrons. The third-order valence-electron chi connectivity index (χ3n) is 2.74. The lowest BCUT2D eigenvalue weighted by atomic mass is 10.1. The number of primary sulfonamides is 1. The second kappa shape index (κ2) is 6.68. The van der Waals surface area contributed by atoms with Crippen LogP contribution >= 0.6 is 0 Å². The van der Waals surface area contributed by atoms with Crippen LogP contribution in [-0.2, 0) is 14.8 Å². The number of carbonyl (C=O) groups excluding carboxylic acids is 1. The molecule has 0 saturated heterocycles. The summed E-state index contributed by atoms with van der Waals surface area (Å²) in [5.74, 6) is -0.515. The molecular formula is C13H19NO4S. The van der Waals surface area contributed by atoms with Gasteiger partial charge in [0.25, 0.3) is 0 Å². The van der Waals surface area contributed by atoms with E-state index in [2.05, 4.69) is 6.92 Å². The molecule has 0 aliphatic rings. The van der Waals surface area contributed by atoms with Crippen LogP contribution in [0.4, 0.5) is 0 Å². The monoisotopic (exact) mass is 285 g/mol. The van der Waals surface area contributed by atoms with Crippen molar-refractivity contribution in [3.8, 4) is 0 Å². The molecule has 0 aliphatic carbocycles. The van der Waals surface area contributed by atoms with Crippen LogP contribution in [0, 0.1) is 6.92 Å². The second-order valence-corrected chi connectivity index (χ2v) is 5.93. The highest BCUT2D eigenvalue weighted by Gasteiger charge is 2.15. The topological polar surface area (TPSA) is 86.5 Å². The van der Waals surface area contributed by atoms with E-state index in [-0.39, 0.29) is 10.5 Å². The number of benzene rings is 1. The molecule has 0 bridgehead atoms. The van der Waals surface area contributed by atoms with Gasteiger partial charge in [-0.1, -0.05) is 25.8 Å². The van der Waals surface area contributed by atoms with E-state index in [4.69, 9.17) is 9.88 Å². The van der Waals surface area contributed by atoms with Gasteiger partial charge in [-0.25, -0.2) is 18.4 Å². The molecule has 0 heterocycles. The summed E-state index contributed by atoms with van der Waals surface area (Å²) in [5.41, 5.74) is 0.899. The average Bonchev–Trinajstić information content (AvgIpc) is 2.33. The predicted octanol–water partition coefficient (Wildman–Crippen LogP) is 1.99. The van der Waals surface area contributed by atoms with E-state index in [1.807, 2.05) is 0 Å². The lowest BCUT2D eigenvalue weighted by Gasteiger charge is -2.08. The first-order chi connectivity index (χ1) is 8.86. The Hall–Kier alpha value is -1.40. The Labute approximate surface area is 113 Å². The quantitative estimate of drug-likeness (QED) is 0.639. The highest BCUT2D eigenvalue weighted by molar-refractivity contribution is 7.89. The number of aryl methyl sites for hydroxylation is 1. The highest BCUT2D eigenvalue weighted by Crippen LogP contribution is 2.15. The fourth-order valence-electron chi connectivity index (χ4n) is 1.59. The summed E-state index contributed by atoms with van der Waals surface area (Å²) >= 11 is 0. The molecule has 0 aliphatic heterocycles. The fourth-order valence-corrected chi connectivity index (χ4v) is 2.13. The summed E-state index contributed by atoms with van der Waals surface area (Å²) in [4.78, 5) is 11.8. The summed E-state index contributed by atoms with van der Waals surface area (Å²) in [6, 6.07) is 4.17. The lowest BCUT2D eigenvalue weighted by Crippen LogP contribution is -2.14. The minimum atomic E-state index is -3.81. The minimum absolute atomic E-state index is 0.0846. The Balaban J connectivity index is 2.84. The molecule has 0 spiro atoms. The number of hydrogen-bond donors (Lipinski definition) is 1. The van der Waals surface area contributed by atoms with Gasteiger partial charge in [0.15, 0.2) is 0 Å². The van der Waals surface area contributed by atoms with Gasteiger partial charge >= 0.3 is 5.97 Å². The van der Waals surface area contributed by atoms with Crippen molar-refractivity contribution >= 4 is 16.0 Å². The van der Waals surface area contributed by atoms with Crippen molar-refractivity contribution in [2.24, 2.45) is 5.14 Å². The number of hydrogen-bond acceptors (Lipinski definition) is 4. The molecule has 5 nitrogen and oxygen atoms in total. The van der Waals surface area contributed by atoms with E-state index in [1.165, 1.54) is 12.1 Å². The number of unbranched alkanes of at least 4 members (excludes halogenated alkanes) is 2. The van der Waals surface area contributed by atoms with Crippen molar-refractivity contribution in [1.29, 1.82) is 0 Å². The Kier molecular flexibility index (Phi) is 5.50. The van der Waals surface area contributed by atoms with Gasteiger partial charge in [-0.2, -0.15) is 0 Å². The molecule has 106 valence electrons. The summed E-state index contributed by atoms with van der Waals surface area (Å²) in [5, 5.41) is 5.04. The van der Waals surface area contributed by atoms with Crippen molar-refractivity contribution < 1.29 is 17.9 Å². The third-order valence-corrected chi connectivity index (χ3v) is 3.65. The molecule has 0 atom stereocenters. The van der Waals surface area contributed by atoms with E-state index in [0.29, 0.717) is 12.2 Å². The molecule has 2 N–H and O–H groups in total. The maximum Gasteiger partial charge on any atom is 0.338 e. The molecule has 0 saturated carbocycles. The van der Waals surface area contributed by atoms with Crippen LogP contribution in [0.3, 0.4) is 0 Å². The highest BCUT2D eigenvalue weighted by atomic mass is 32.2. The smallest absolute Gasteiger partial charge is 0.338 e. The van der Waals surface area contributed by atoms with Crippen molar-refractivity contribution in [1.82, 2.24) is 0 Å². The molecular weight excluding hydrogens is 266 g/mol. The Morgan fingerprint density at radius 2 is 2.00 bits per heavy atom. The first-order valence-electron chi connectivity index (χ1n) is 6.17. The second-order valence-electron chi connectivity index (χ2n) is 4.36. The van der Waals surface area contributed by atoms with Crippen molar-refractivity contribution in [3.63, 3.8) is 0 Å². The van der Waals surface area contributed by atoms with Gasteiger partial charge in [0.05, 0.1) is 17.1 Å². The summed E-state index contributed by atoms with van der Waals surface area (Å²) < 4.78 is 27.6. The van der Waals surface area contributed by atoms with Gasteiger partial charge in [0.2, 0.25) is 10.0 Å². The lowest BCUT2D eigenvalue weighted by molar-refractivity contribution is 0.0497. The zero-order valence-corrected chi connectivity index (χ0v) is 12.0. The molecule has 6 heteroatoms. The van der Waals surface area contributed by atoms with Gasteiger partial charge < -0.3 is 4.74 Å². The van der Waals surface area contributed by atoms with E-state index < -0.39 is 16.0 Å². The van der Waals surface area contributed by atoms with Crippen LogP contribution in [0.5, 0.6) is 0 Å². The van der Waals surface area contributed by atoms with Crippen LogP contribution in [0.15, 0.2) is 23.1 Å². The summed E-state index contributed by atoms with van der Waals surface area (Å²) in [6.45, 7) is 4.11. The van der Waals surface area contributed by atoms with Gasteiger partial charge in [0.1, 0.15) is 0 Å². The Morgan fingerprint density at radius 1 is 1.32 bits per heavy atom. The fraction of sp³-hybridized carbons (Fsp3) is 0.462. The number of rotatable bonds is 6. The van der Waals surface area contributed by atoms with Crippen LogP contribution in [0.1, 0.15) is 42.1 Å². The van der Waals surface area contributed by atoms with Crippen LogP contribution in [0.2, 0.25) is 0 Å². The SMILES string of the molecule is CCCCCOC(=O)c1cc(S(N)(=O)=O)ccc1C. The maximum atomic E-state index is 11.8. The van der Waals surface area contributed by atoms with E-state index in [0.717, 1.165) is 19.3 Å². The number of ether oxygens (including phenoxy) is 1. The molecule has 0 aromatic heterocycles.